The third-order valence-electron chi connectivity index (χ3n) is 7.66. The molecule has 1 saturated carbocycles. The number of aryl methyl sites for hydroxylation is 1. The topological polar surface area (TPSA) is 122 Å². The Morgan fingerprint density at radius 3 is 2.98 bits per heavy atom. The molecule has 5 heterocycles. The number of benzene rings is 1. The van der Waals surface area contributed by atoms with Crippen molar-refractivity contribution in [1.29, 1.82) is 0 Å². The van der Waals surface area contributed by atoms with Crippen LogP contribution in [0.15, 0.2) is 67.9 Å². The molecule has 0 spiro atoms. The molecular formula is C30H29N9O2. The van der Waals surface area contributed by atoms with Crippen molar-refractivity contribution in [2.75, 3.05) is 29.9 Å². The number of nitrogens with one attached hydrogen (secondary N) is 2. The van der Waals surface area contributed by atoms with Crippen LogP contribution in [0, 0.1) is 12.8 Å². The summed E-state index contributed by atoms with van der Waals surface area (Å²) in [6.45, 7) is 7.55. The molecule has 1 fully saturated rings. The summed E-state index contributed by atoms with van der Waals surface area (Å²) in [4.78, 5) is 32.2. The number of ether oxygens (including phenoxy) is 1. The summed E-state index contributed by atoms with van der Waals surface area (Å²) in [6.07, 6.45) is 8.33. The maximum atomic E-state index is 11.7. The van der Waals surface area contributed by atoms with E-state index in [2.05, 4.69) is 79.4 Å². The van der Waals surface area contributed by atoms with Gasteiger partial charge in [-0.05, 0) is 66.8 Å². The Bertz CT molecular complexity index is 1800. The summed E-state index contributed by atoms with van der Waals surface area (Å²) in [5.74, 6) is 2.34. The second-order valence-corrected chi connectivity index (χ2v) is 10.5. The number of aromatic nitrogens is 6. The van der Waals surface area contributed by atoms with Crippen LogP contribution in [0.4, 0.5) is 17.3 Å². The van der Waals surface area contributed by atoms with E-state index in [1.165, 1.54) is 17.2 Å². The number of hydrogen-bond donors (Lipinski definition) is 2. The average molecular weight is 548 g/mol. The van der Waals surface area contributed by atoms with Crippen molar-refractivity contribution in [3.05, 3.63) is 84.6 Å². The lowest BCUT2D eigenvalue weighted by atomic mass is 10.0. The van der Waals surface area contributed by atoms with Gasteiger partial charge in [0.05, 0.1) is 5.52 Å². The number of fused-ring (bicyclic) bond motifs is 4. The van der Waals surface area contributed by atoms with E-state index in [4.69, 9.17) is 9.72 Å². The fourth-order valence-electron chi connectivity index (χ4n) is 5.33. The summed E-state index contributed by atoms with van der Waals surface area (Å²) < 4.78 is 8.04. The lowest BCUT2D eigenvalue weighted by molar-refractivity contribution is -0.116. The molecule has 11 nitrogen and oxygen atoms in total. The quantitative estimate of drug-likeness (QED) is 0.281. The second-order valence-electron chi connectivity index (χ2n) is 10.5. The highest BCUT2D eigenvalue weighted by molar-refractivity contribution is 5.90. The van der Waals surface area contributed by atoms with E-state index >= 15 is 0 Å². The Hall–Kier alpha value is -5.06. The van der Waals surface area contributed by atoms with Crippen LogP contribution in [-0.4, -0.2) is 61.2 Å². The van der Waals surface area contributed by atoms with Crippen LogP contribution >= 0.6 is 0 Å². The molecule has 11 heteroatoms. The van der Waals surface area contributed by atoms with Gasteiger partial charge in [-0.25, -0.2) is 24.5 Å². The molecule has 1 aliphatic heterocycles. The molecule has 206 valence electrons. The predicted molar refractivity (Wildman–Crippen MR) is 156 cm³/mol. The van der Waals surface area contributed by atoms with Crippen LogP contribution in [0.5, 0.6) is 5.75 Å². The molecule has 2 atom stereocenters. The Morgan fingerprint density at radius 2 is 2.10 bits per heavy atom. The molecule has 1 amide bonds. The first-order valence-corrected chi connectivity index (χ1v) is 13.7. The van der Waals surface area contributed by atoms with Gasteiger partial charge in [0.2, 0.25) is 5.91 Å². The maximum absolute atomic E-state index is 11.7. The molecule has 2 unspecified atom stereocenters. The Morgan fingerprint density at radius 1 is 1.17 bits per heavy atom. The van der Waals surface area contributed by atoms with Gasteiger partial charge in [0.25, 0.3) is 0 Å². The predicted octanol–water partition coefficient (Wildman–Crippen LogP) is 3.60. The van der Waals surface area contributed by atoms with Crippen molar-refractivity contribution in [3.8, 4) is 5.75 Å². The van der Waals surface area contributed by atoms with E-state index in [0.717, 1.165) is 42.1 Å². The summed E-state index contributed by atoms with van der Waals surface area (Å²) in [6, 6.07) is 12.4. The van der Waals surface area contributed by atoms with Crippen LogP contribution in [0.2, 0.25) is 0 Å². The van der Waals surface area contributed by atoms with Gasteiger partial charge in [-0.2, -0.15) is 5.10 Å². The molecule has 1 aromatic carbocycles. The molecular weight excluding hydrogens is 518 g/mol. The molecule has 0 saturated heterocycles. The summed E-state index contributed by atoms with van der Waals surface area (Å²) >= 11 is 0. The van der Waals surface area contributed by atoms with E-state index in [0.29, 0.717) is 41.6 Å². The molecule has 41 heavy (non-hydrogen) atoms. The number of amides is 1. The van der Waals surface area contributed by atoms with Crippen molar-refractivity contribution in [3.63, 3.8) is 0 Å². The number of carbonyl (C=O) groups is 1. The number of pyridine rings is 2. The minimum Gasteiger partial charge on any atom is -0.486 e. The average Bonchev–Trinajstić information content (AvgIpc) is 3.56. The normalized spacial score (nSPS) is 17.3. The molecule has 0 radical (unpaired) electrons. The van der Waals surface area contributed by atoms with Crippen LogP contribution in [-0.2, 0) is 11.2 Å². The zero-order chi connectivity index (χ0) is 27.9. The first kappa shape index (κ1) is 24.9. The highest BCUT2D eigenvalue weighted by Gasteiger charge is 2.44. The largest absolute Gasteiger partial charge is 0.486 e. The SMILES string of the molecule is C=CC(=O)NCCN1CC2CC2Oc2cc3ncnc(Nc4ccc(Cc5ccn6ncnc6c5)c(C)c4)c3nc21. The number of hydrogen-bond acceptors (Lipinski definition) is 9. The Labute approximate surface area is 236 Å². The number of carbonyl (C=O) groups excluding carboxylic acids is 1. The minimum absolute atomic E-state index is 0.190. The van der Waals surface area contributed by atoms with E-state index in [-0.39, 0.29) is 12.0 Å². The van der Waals surface area contributed by atoms with Gasteiger partial charge in [-0.3, -0.25) is 4.79 Å². The fourth-order valence-corrected chi connectivity index (χ4v) is 5.33. The van der Waals surface area contributed by atoms with Crippen molar-refractivity contribution in [2.45, 2.75) is 25.9 Å². The Balaban J connectivity index is 1.15. The second kappa shape index (κ2) is 10.2. The van der Waals surface area contributed by atoms with Gasteiger partial charge >= 0.3 is 0 Å². The zero-order valence-corrected chi connectivity index (χ0v) is 22.6. The third kappa shape index (κ3) is 5.02. The number of nitrogens with zero attached hydrogens (tertiary/aromatic N) is 7. The first-order chi connectivity index (χ1) is 20.0. The summed E-state index contributed by atoms with van der Waals surface area (Å²) in [7, 11) is 0. The molecule has 7 rings (SSSR count). The standard InChI is InChI=1S/C30H29N9O2/c1-3-27(40)31-7-9-38-15-21-13-24(21)41-25-14-23-28(37-30(25)38)29(34-16-32-23)36-22-5-4-20(18(2)10-22)11-19-6-8-39-26(12-19)33-17-35-39/h3-6,8,10,12,14,16-17,21,24H,1,7,9,11,13,15H2,2H3,(H,31,40)(H,32,34,36). The molecule has 2 aliphatic rings. The fraction of sp³-hybridized carbons (Fsp3) is 0.267. The van der Waals surface area contributed by atoms with Crippen molar-refractivity contribution in [2.24, 2.45) is 5.92 Å². The minimum atomic E-state index is -0.190. The van der Waals surface area contributed by atoms with Crippen LogP contribution in [0.25, 0.3) is 16.7 Å². The van der Waals surface area contributed by atoms with Gasteiger partial charge < -0.3 is 20.3 Å². The molecule has 2 N–H and O–H groups in total. The van der Waals surface area contributed by atoms with Crippen molar-refractivity contribution in [1.82, 2.24) is 34.9 Å². The van der Waals surface area contributed by atoms with Gasteiger partial charge in [0.1, 0.15) is 24.3 Å². The highest BCUT2D eigenvalue weighted by Crippen LogP contribution is 2.44. The van der Waals surface area contributed by atoms with E-state index in [1.807, 2.05) is 12.3 Å². The third-order valence-corrected chi connectivity index (χ3v) is 7.66. The highest BCUT2D eigenvalue weighted by atomic mass is 16.5. The summed E-state index contributed by atoms with van der Waals surface area (Å²) in [5.41, 5.74) is 6.68. The smallest absolute Gasteiger partial charge is 0.243 e. The molecule has 4 aromatic heterocycles. The monoisotopic (exact) mass is 547 g/mol. The lowest BCUT2D eigenvalue weighted by Crippen LogP contribution is -2.35. The van der Waals surface area contributed by atoms with Gasteiger partial charge in [-0.15, -0.1) is 0 Å². The van der Waals surface area contributed by atoms with Crippen LogP contribution < -0.4 is 20.3 Å². The zero-order valence-electron chi connectivity index (χ0n) is 22.6. The van der Waals surface area contributed by atoms with E-state index < -0.39 is 0 Å². The van der Waals surface area contributed by atoms with Crippen LogP contribution in [0.1, 0.15) is 23.1 Å². The molecule has 0 bridgehead atoms. The van der Waals surface area contributed by atoms with Gasteiger partial charge in [0.15, 0.2) is 23.0 Å². The van der Waals surface area contributed by atoms with E-state index in [1.54, 1.807) is 17.2 Å². The van der Waals surface area contributed by atoms with Gasteiger partial charge in [-0.1, -0.05) is 12.6 Å². The number of anilines is 3. The van der Waals surface area contributed by atoms with Crippen molar-refractivity contribution >= 4 is 39.9 Å². The van der Waals surface area contributed by atoms with E-state index in [9.17, 15) is 4.79 Å². The lowest BCUT2D eigenvalue weighted by Gasteiger charge is -2.24. The van der Waals surface area contributed by atoms with Gasteiger partial charge in [0, 0.05) is 43.5 Å². The molecule has 5 aromatic rings. The maximum Gasteiger partial charge on any atom is 0.243 e. The summed E-state index contributed by atoms with van der Waals surface area (Å²) in [5, 5.41) is 10.5. The van der Waals surface area contributed by atoms with Crippen molar-refractivity contribution < 1.29 is 9.53 Å². The molecule has 1 aliphatic carbocycles. The Kier molecular flexibility index (Phi) is 6.18. The number of rotatable bonds is 8. The first-order valence-electron chi connectivity index (χ1n) is 13.7. The van der Waals surface area contributed by atoms with Crippen LogP contribution in [0.3, 0.4) is 0 Å².